The van der Waals surface area contributed by atoms with Crippen molar-refractivity contribution in [2.45, 2.75) is 134 Å². The van der Waals surface area contributed by atoms with Crippen molar-refractivity contribution in [1.82, 2.24) is 0 Å². The molecule has 0 aromatic rings. The maximum atomic E-state index is 9.85. The summed E-state index contributed by atoms with van der Waals surface area (Å²) >= 11 is 0. The average Bonchev–Trinajstić information content (AvgIpc) is 3.11. The fraction of sp³-hybridized carbons (Fsp3) is 0.923. The van der Waals surface area contributed by atoms with Gasteiger partial charge in [-0.2, -0.15) is 0 Å². The minimum absolute atomic E-state index is 0.0997. The summed E-state index contributed by atoms with van der Waals surface area (Å²) in [5.74, 6) is 0. The molecular formula is C26H50O5. The number of rotatable bonds is 21. The summed E-state index contributed by atoms with van der Waals surface area (Å²) in [6.07, 6.45) is 22.3. The molecule has 184 valence electrons. The van der Waals surface area contributed by atoms with Crippen molar-refractivity contribution in [3.8, 4) is 0 Å². The van der Waals surface area contributed by atoms with Gasteiger partial charge in [-0.3, -0.25) is 0 Å². The van der Waals surface area contributed by atoms with Crippen LogP contribution in [0.4, 0.5) is 0 Å². The Hall–Kier alpha value is -0.460. The fourth-order valence-corrected chi connectivity index (χ4v) is 4.13. The van der Waals surface area contributed by atoms with E-state index in [2.05, 4.69) is 19.1 Å². The van der Waals surface area contributed by atoms with Gasteiger partial charge in [0.05, 0.1) is 13.2 Å². The summed E-state index contributed by atoms with van der Waals surface area (Å²) in [6, 6.07) is 0. The molecule has 31 heavy (non-hydrogen) atoms. The highest BCUT2D eigenvalue weighted by atomic mass is 16.6. The van der Waals surface area contributed by atoms with Gasteiger partial charge in [-0.1, -0.05) is 96.1 Å². The van der Waals surface area contributed by atoms with E-state index in [1.165, 1.54) is 89.9 Å². The maximum Gasteiger partial charge on any atom is 0.114 e. The Morgan fingerprint density at radius 1 is 0.806 bits per heavy atom. The predicted octanol–water partition coefficient (Wildman–Crippen LogP) is 5.30. The van der Waals surface area contributed by atoms with Crippen LogP contribution in [-0.2, 0) is 9.47 Å². The molecule has 1 aliphatic heterocycles. The van der Waals surface area contributed by atoms with Crippen LogP contribution in [0.15, 0.2) is 12.2 Å². The van der Waals surface area contributed by atoms with Crippen LogP contribution < -0.4 is 0 Å². The molecule has 0 aromatic heterocycles. The maximum absolute atomic E-state index is 9.85. The van der Waals surface area contributed by atoms with Gasteiger partial charge in [0.1, 0.15) is 24.4 Å². The third-order valence-electron chi connectivity index (χ3n) is 6.22. The van der Waals surface area contributed by atoms with E-state index < -0.39 is 24.4 Å². The second kappa shape index (κ2) is 20.2. The van der Waals surface area contributed by atoms with E-state index in [-0.39, 0.29) is 13.2 Å². The first-order chi connectivity index (χ1) is 15.2. The van der Waals surface area contributed by atoms with E-state index >= 15 is 0 Å². The third-order valence-corrected chi connectivity index (χ3v) is 6.22. The van der Waals surface area contributed by atoms with E-state index in [9.17, 15) is 15.3 Å². The Morgan fingerprint density at radius 2 is 1.32 bits per heavy atom. The zero-order chi connectivity index (χ0) is 22.6. The number of ether oxygens (including phenoxy) is 2. The number of hydrogen-bond donors (Lipinski definition) is 3. The van der Waals surface area contributed by atoms with Crippen LogP contribution in [0.2, 0.25) is 0 Å². The van der Waals surface area contributed by atoms with Crippen molar-refractivity contribution in [3.05, 3.63) is 12.2 Å². The van der Waals surface area contributed by atoms with Crippen LogP contribution in [0, 0.1) is 0 Å². The van der Waals surface area contributed by atoms with Gasteiger partial charge < -0.3 is 24.8 Å². The molecule has 0 aliphatic carbocycles. The Labute approximate surface area is 191 Å². The van der Waals surface area contributed by atoms with Gasteiger partial charge in [0.15, 0.2) is 0 Å². The van der Waals surface area contributed by atoms with Crippen molar-refractivity contribution in [2.24, 2.45) is 0 Å². The summed E-state index contributed by atoms with van der Waals surface area (Å²) in [5.41, 5.74) is 0. The monoisotopic (exact) mass is 442 g/mol. The lowest BCUT2D eigenvalue weighted by atomic mass is 10.0. The minimum Gasteiger partial charge on any atom is -0.394 e. The Bertz CT molecular complexity index is 415. The van der Waals surface area contributed by atoms with Gasteiger partial charge in [0.2, 0.25) is 0 Å². The molecule has 0 radical (unpaired) electrons. The number of aliphatic hydroxyl groups excluding tert-OH is 3. The van der Waals surface area contributed by atoms with E-state index in [0.717, 1.165) is 12.8 Å². The molecule has 1 heterocycles. The first-order valence-corrected chi connectivity index (χ1v) is 13.1. The first-order valence-electron chi connectivity index (χ1n) is 13.1. The summed E-state index contributed by atoms with van der Waals surface area (Å²) in [6.45, 7) is 2.70. The van der Waals surface area contributed by atoms with Crippen molar-refractivity contribution in [3.63, 3.8) is 0 Å². The molecule has 3 N–H and O–H groups in total. The number of hydrogen-bond acceptors (Lipinski definition) is 5. The zero-order valence-corrected chi connectivity index (χ0v) is 20.1. The lowest BCUT2D eigenvalue weighted by Gasteiger charge is -2.24. The van der Waals surface area contributed by atoms with Crippen molar-refractivity contribution in [1.29, 1.82) is 0 Å². The van der Waals surface area contributed by atoms with Crippen molar-refractivity contribution >= 4 is 0 Å². The minimum atomic E-state index is -0.977. The average molecular weight is 443 g/mol. The van der Waals surface area contributed by atoms with E-state index in [4.69, 9.17) is 9.47 Å². The molecule has 1 fully saturated rings. The molecule has 0 amide bonds. The summed E-state index contributed by atoms with van der Waals surface area (Å²) in [7, 11) is 0. The van der Waals surface area contributed by atoms with Crippen LogP contribution in [-0.4, -0.2) is 59.6 Å². The number of unbranched alkanes of at least 4 members (excludes halogenated alkanes) is 14. The molecule has 0 bridgehead atoms. The van der Waals surface area contributed by atoms with Crippen molar-refractivity contribution in [2.75, 3.05) is 19.8 Å². The molecule has 1 saturated heterocycles. The van der Waals surface area contributed by atoms with Crippen molar-refractivity contribution < 1.29 is 24.8 Å². The number of allylic oxidation sites excluding steroid dienone is 2. The van der Waals surface area contributed by atoms with Gasteiger partial charge in [0, 0.05) is 6.61 Å². The highest BCUT2D eigenvalue weighted by Crippen LogP contribution is 2.20. The molecule has 0 saturated carbocycles. The van der Waals surface area contributed by atoms with Crippen LogP contribution in [0.3, 0.4) is 0 Å². The fourth-order valence-electron chi connectivity index (χ4n) is 4.13. The standard InChI is InChI=1S/C26H50O5/c1-2-3-4-5-6-7-8-9-10-11-12-13-14-15-16-17-18-19-20-30-24(21-27)26-25(29)23(28)22-31-26/h5-6,23-29H,2-4,7-22H2,1H3/b6-5+/t23-,24+,25-,26-/m0/s1. The number of aliphatic hydroxyl groups is 3. The highest BCUT2D eigenvalue weighted by Gasteiger charge is 2.40. The molecule has 1 aliphatic rings. The quantitative estimate of drug-likeness (QED) is 0.166. The molecule has 5 nitrogen and oxygen atoms in total. The van der Waals surface area contributed by atoms with Gasteiger partial charge in [-0.25, -0.2) is 0 Å². The van der Waals surface area contributed by atoms with Gasteiger partial charge in [-0.15, -0.1) is 0 Å². The zero-order valence-electron chi connectivity index (χ0n) is 20.1. The molecule has 0 unspecified atom stereocenters. The predicted molar refractivity (Wildman–Crippen MR) is 127 cm³/mol. The van der Waals surface area contributed by atoms with E-state index in [0.29, 0.717) is 6.61 Å². The van der Waals surface area contributed by atoms with E-state index in [1.54, 1.807) is 0 Å². The molecule has 4 atom stereocenters. The Balaban J connectivity index is 1.80. The molecule has 0 aromatic carbocycles. The van der Waals surface area contributed by atoms with Gasteiger partial charge >= 0.3 is 0 Å². The highest BCUT2D eigenvalue weighted by molar-refractivity contribution is 4.88. The molecular weight excluding hydrogens is 392 g/mol. The Kier molecular flexibility index (Phi) is 18.6. The summed E-state index contributed by atoms with van der Waals surface area (Å²) < 4.78 is 11.0. The second-order valence-corrected chi connectivity index (χ2v) is 9.09. The van der Waals surface area contributed by atoms with Crippen LogP contribution in [0.5, 0.6) is 0 Å². The SMILES string of the molecule is CCCC/C=C/CCCCCCCCCCCCCCO[C@H](CO)[C@@H]1OC[C@H](O)[C@@H]1O. The van der Waals surface area contributed by atoms with Gasteiger partial charge in [-0.05, 0) is 25.7 Å². The van der Waals surface area contributed by atoms with Crippen LogP contribution >= 0.6 is 0 Å². The van der Waals surface area contributed by atoms with E-state index in [1.807, 2.05) is 0 Å². The first kappa shape index (κ1) is 28.6. The summed E-state index contributed by atoms with van der Waals surface area (Å²) in [5, 5.41) is 28.8. The normalized spacial score (nSPS) is 22.5. The molecule has 1 rings (SSSR count). The third kappa shape index (κ3) is 14.3. The van der Waals surface area contributed by atoms with Crippen LogP contribution in [0.25, 0.3) is 0 Å². The molecule has 0 spiro atoms. The van der Waals surface area contributed by atoms with Crippen LogP contribution in [0.1, 0.15) is 110 Å². The smallest absolute Gasteiger partial charge is 0.114 e. The molecule has 5 heteroatoms. The lowest BCUT2D eigenvalue weighted by Crippen LogP contribution is -2.42. The topological polar surface area (TPSA) is 79.2 Å². The Morgan fingerprint density at radius 3 is 1.81 bits per heavy atom. The van der Waals surface area contributed by atoms with Gasteiger partial charge in [0.25, 0.3) is 0 Å². The summed E-state index contributed by atoms with van der Waals surface area (Å²) in [4.78, 5) is 0. The lowest BCUT2D eigenvalue weighted by molar-refractivity contribution is -0.101. The largest absolute Gasteiger partial charge is 0.394 e. The second-order valence-electron chi connectivity index (χ2n) is 9.09.